The van der Waals surface area contributed by atoms with E-state index < -0.39 is 0 Å². The molecular formula is C12H8O2S2. The van der Waals surface area contributed by atoms with Crippen LogP contribution in [0.2, 0.25) is 0 Å². The van der Waals surface area contributed by atoms with Crippen LogP contribution in [0.15, 0.2) is 10.8 Å². The molecule has 0 fully saturated rings. The molecule has 4 heteroatoms. The smallest absolute Gasteiger partial charge is 0.133 e. The lowest BCUT2D eigenvalue weighted by molar-refractivity contribution is 0.479. The number of hydrogen-bond acceptors (Lipinski definition) is 4. The first-order valence-corrected chi connectivity index (χ1v) is 6.37. The maximum atomic E-state index is 10.2. The van der Waals surface area contributed by atoms with Gasteiger partial charge >= 0.3 is 0 Å². The zero-order valence-corrected chi connectivity index (χ0v) is 9.91. The van der Waals surface area contributed by atoms with Crippen molar-refractivity contribution in [3.05, 3.63) is 19.8 Å². The van der Waals surface area contributed by atoms with Gasteiger partial charge in [-0.1, -0.05) is 13.2 Å². The van der Waals surface area contributed by atoms with Crippen molar-refractivity contribution in [2.75, 3.05) is 0 Å². The van der Waals surface area contributed by atoms with Gasteiger partial charge in [0.25, 0.3) is 0 Å². The normalized spacial score (nSPS) is 11.5. The zero-order chi connectivity index (χ0) is 11.4. The Morgan fingerprint density at radius 3 is 1.75 bits per heavy atom. The van der Waals surface area contributed by atoms with Crippen molar-refractivity contribution in [3.63, 3.8) is 0 Å². The largest absolute Gasteiger partial charge is 0.507 e. The van der Waals surface area contributed by atoms with Crippen molar-refractivity contribution < 1.29 is 10.2 Å². The minimum Gasteiger partial charge on any atom is -0.507 e. The lowest BCUT2D eigenvalue weighted by Crippen LogP contribution is -1.89. The molecular weight excluding hydrogens is 240 g/mol. The van der Waals surface area contributed by atoms with Crippen LogP contribution in [0, 0.1) is 0 Å². The van der Waals surface area contributed by atoms with Gasteiger partial charge in [0.05, 0.1) is 0 Å². The molecule has 2 heterocycles. The van der Waals surface area contributed by atoms with Crippen LogP contribution in [0.1, 0.15) is 0 Å². The second-order valence-corrected chi connectivity index (χ2v) is 5.53. The average molecular weight is 248 g/mol. The molecule has 0 spiro atoms. The highest BCUT2D eigenvalue weighted by Crippen LogP contribution is 2.40. The first-order valence-electron chi connectivity index (χ1n) is 4.61. The van der Waals surface area contributed by atoms with Crippen LogP contribution < -0.4 is 9.06 Å². The Labute approximate surface area is 99.0 Å². The van der Waals surface area contributed by atoms with Gasteiger partial charge in [-0.3, -0.25) is 0 Å². The molecule has 3 rings (SSSR count). The molecule has 2 aromatic heterocycles. The predicted octanol–water partition coefficient (Wildman–Crippen LogP) is 2.35. The van der Waals surface area contributed by atoms with Gasteiger partial charge in [-0.05, 0) is 0 Å². The topological polar surface area (TPSA) is 40.5 Å². The molecule has 3 aromatic rings. The third-order valence-corrected chi connectivity index (χ3v) is 4.34. The van der Waals surface area contributed by atoms with Crippen molar-refractivity contribution >= 4 is 57.4 Å². The summed E-state index contributed by atoms with van der Waals surface area (Å²) in [5.41, 5.74) is 0. The summed E-state index contributed by atoms with van der Waals surface area (Å²) in [6.45, 7) is 7.75. The predicted molar refractivity (Wildman–Crippen MR) is 70.8 cm³/mol. The van der Waals surface area contributed by atoms with Crippen molar-refractivity contribution in [1.82, 2.24) is 0 Å². The molecule has 0 atom stereocenters. The zero-order valence-electron chi connectivity index (χ0n) is 8.28. The first kappa shape index (κ1) is 9.69. The van der Waals surface area contributed by atoms with Gasteiger partial charge in [0, 0.05) is 41.4 Å². The average Bonchev–Trinajstić information content (AvgIpc) is 2.80. The van der Waals surface area contributed by atoms with Crippen LogP contribution in [0.3, 0.4) is 0 Å². The van der Waals surface area contributed by atoms with Crippen LogP contribution in [0.25, 0.3) is 34.7 Å². The Hall–Kier alpha value is -1.52. The molecule has 0 amide bonds. The van der Waals surface area contributed by atoms with E-state index in [2.05, 4.69) is 13.2 Å². The summed E-state index contributed by atoms with van der Waals surface area (Å²) in [6, 6.07) is 0. The van der Waals surface area contributed by atoms with Gasteiger partial charge in [0.2, 0.25) is 0 Å². The minimum absolute atomic E-state index is 0.195. The highest BCUT2D eigenvalue weighted by Gasteiger charge is 2.16. The van der Waals surface area contributed by atoms with Crippen molar-refractivity contribution in [2.24, 2.45) is 0 Å². The summed E-state index contributed by atoms with van der Waals surface area (Å²) >= 11 is 2.84. The molecule has 0 unspecified atom stereocenters. The molecule has 0 aliphatic heterocycles. The van der Waals surface area contributed by atoms with Gasteiger partial charge in [-0.25, -0.2) is 0 Å². The molecule has 1 aromatic carbocycles. The van der Waals surface area contributed by atoms with Gasteiger partial charge in [-0.2, -0.15) is 11.3 Å². The summed E-state index contributed by atoms with van der Waals surface area (Å²) in [7, 11) is 0. The lowest BCUT2D eigenvalue weighted by atomic mass is 10.1. The molecule has 2 N–H and O–H groups in total. The molecule has 2 nitrogen and oxygen atoms in total. The fourth-order valence-corrected chi connectivity index (χ4v) is 3.68. The van der Waals surface area contributed by atoms with Crippen LogP contribution in [0.4, 0.5) is 0 Å². The number of phenolic OH excluding ortho intramolecular Hbond substituents is 2. The standard InChI is InChI=1S/C12H8O2S2/c1-5-9-10(6(2)16-5)12(14)8-4-15-3-7(8)11(9)13/h3-4,13-14H,1-2H2. The van der Waals surface area contributed by atoms with Crippen molar-refractivity contribution in [3.8, 4) is 11.5 Å². The van der Waals surface area contributed by atoms with Gasteiger partial charge in [-0.15, -0.1) is 11.3 Å². The first-order chi connectivity index (χ1) is 7.61. The monoisotopic (exact) mass is 248 g/mol. The second kappa shape index (κ2) is 2.99. The summed E-state index contributed by atoms with van der Waals surface area (Å²) in [4.78, 5) is 0. The maximum Gasteiger partial charge on any atom is 0.133 e. The Balaban J connectivity index is 2.84. The van der Waals surface area contributed by atoms with E-state index in [1.54, 1.807) is 0 Å². The quantitative estimate of drug-likeness (QED) is 0.600. The fraction of sp³-hybridized carbons (Fsp3) is 0. The SMILES string of the molecule is C=c1sc(=C)c2c(O)c3cscc3c(O)c12. The Morgan fingerprint density at radius 1 is 0.875 bits per heavy atom. The van der Waals surface area contributed by atoms with Crippen LogP contribution in [-0.2, 0) is 0 Å². The number of aromatic hydroxyl groups is 2. The highest BCUT2D eigenvalue weighted by molar-refractivity contribution is 7.10. The number of hydrogen-bond donors (Lipinski definition) is 2. The summed E-state index contributed by atoms with van der Waals surface area (Å²) in [5.74, 6) is 0.389. The van der Waals surface area contributed by atoms with E-state index in [1.165, 1.54) is 22.7 Å². The van der Waals surface area contributed by atoms with E-state index in [0.717, 1.165) is 9.06 Å². The lowest BCUT2D eigenvalue weighted by Gasteiger charge is -2.02. The molecule has 0 aliphatic rings. The summed E-state index contributed by atoms with van der Waals surface area (Å²) in [6.07, 6.45) is 0. The van der Waals surface area contributed by atoms with E-state index in [-0.39, 0.29) is 11.5 Å². The van der Waals surface area contributed by atoms with Crippen LogP contribution in [0.5, 0.6) is 11.5 Å². The van der Waals surface area contributed by atoms with E-state index in [1.807, 2.05) is 10.8 Å². The number of rotatable bonds is 0. The Kier molecular flexibility index (Phi) is 1.81. The minimum atomic E-state index is 0.195. The van der Waals surface area contributed by atoms with Gasteiger partial charge in [0.15, 0.2) is 0 Å². The van der Waals surface area contributed by atoms with Crippen LogP contribution >= 0.6 is 22.7 Å². The number of phenols is 2. The molecule has 16 heavy (non-hydrogen) atoms. The molecule has 0 bridgehead atoms. The highest BCUT2D eigenvalue weighted by atomic mass is 32.1. The molecule has 0 radical (unpaired) electrons. The van der Waals surface area contributed by atoms with E-state index in [0.29, 0.717) is 21.5 Å². The number of thiophene rings is 2. The van der Waals surface area contributed by atoms with Crippen molar-refractivity contribution in [1.29, 1.82) is 0 Å². The summed E-state index contributed by atoms with van der Waals surface area (Å²) in [5, 5.41) is 26.6. The van der Waals surface area contributed by atoms with Crippen LogP contribution in [-0.4, -0.2) is 10.2 Å². The molecule has 0 saturated heterocycles. The third-order valence-electron chi connectivity index (χ3n) is 2.70. The third kappa shape index (κ3) is 1.00. The van der Waals surface area contributed by atoms with Gasteiger partial charge < -0.3 is 10.2 Å². The van der Waals surface area contributed by atoms with E-state index >= 15 is 0 Å². The fourth-order valence-electron chi connectivity index (χ4n) is 1.96. The van der Waals surface area contributed by atoms with E-state index in [4.69, 9.17) is 0 Å². The number of fused-ring (bicyclic) bond motifs is 2. The van der Waals surface area contributed by atoms with E-state index in [9.17, 15) is 10.2 Å². The molecule has 0 aliphatic carbocycles. The van der Waals surface area contributed by atoms with Gasteiger partial charge in [0.1, 0.15) is 11.5 Å². The Morgan fingerprint density at radius 2 is 1.31 bits per heavy atom. The molecule has 0 saturated carbocycles. The summed E-state index contributed by atoms with van der Waals surface area (Å²) < 4.78 is 1.47. The second-order valence-electron chi connectivity index (χ2n) is 3.59. The maximum absolute atomic E-state index is 10.2. The Bertz CT molecular complexity index is 746. The number of benzene rings is 1. The van der Waals surface area contributed by atoms with Crippen molar-refractivity contribution in [2.45, 2.75) is 0 Å². The molecule has 80 valence electrons.